The lowest BCUT2D eigenvalue weighted by atomic mass is 10.2. The lowest BCUT2D eigenvalue weighted by Gasteiger charge is -2.13. The third kappa shape index (κ3) is 6.38. The van der Waals surface area contributed by atoms with Crippen LogP contribution < -0.4 is 14.8 Å². The number of nitrogens with one attached hydrogen (secondary N) is 1. The normalized spacial score (nSPS) is 14.6. The Bertz CT molecular complexity index is 1070. The SMILES string of the molecule is CCCCOc1ccc(/C=C2\SC(=O)N(CC(=O)Nc3ccccc3C)C2=O)cc1OCC. The van der Waals surface area contributed by atoms with Crippen molar-refractivity contribution in [3.63, 3.8) is 0 Å². The number of hydrogen-bond acceptors (Lipinski definition) is 6. The smallest absolute Gasteiger partial charge is 0.294 e. The number of anilines is 1. The molecule has 1 N–H and O–H groups in total. The van der Waals surface area contributed by atoms with E-state index < -0.39 is 17.1 Å². The van der Waals surface area contributed by atoms with Crippen molar-refractivity contribution in [1.29, 1.82) is 0 Å². The summed E-state index contributed by atoms with van der Waals surface area (Å²) < 4.78 is 11.5. The number of hydrogen-bond donors (Lipinski definition) is 1. The molecule has 8 heteroatoms. The molecule has 7 nitrogen and oxygen atoms in total. The Morgan fingerprint density at radius 1 is 1.09 bits per heavy atom. The molecule has 0 saturated carbocycles. The number of amides is 3. The van der Waals surface area contributed by atoms with Crippen molar-refractivity contribution in [2.24, 2.45) is 0 Å². The summed E-state index contributed by atoms with van der Waals surface area (Å²) in [5.74, 6) is 0.300. The van der Waals surface area contributed by atoms with Crippen LogP contribution in [0, 0.1) is 6.92 Å². The zero-order valence-electron chi connectivity index (χ0n) is 19.1. The first kappa shape index (κ1) is 24.4. The van der Waals surface area contributed by atoms with Gasteiger partial charge < -0.3 is 14.8 Å². The highest BCUT2D eigenvalue weighted by molar-refractivity contribution is 8.18. The standard InChI is InChI=1S/C25H28N2O5S/c1-4-6-13-32-20-12-11-18(14-21(20)31-5-2)15-22-24(29)27(25(30)33-22)16-23(28)26-19-10-8-7-9-17(19)3/h7-12,14-15H,4-6,13,16H2,1-3H3,(H,26,28)/b22-15-. The predicted molar refractivity (Wildman–Crippen MR) is 130 cm³/mol. The number of para-hydroxylation sites is 1. The number of thioether (sulfide) groups is 1. The molecule has 0 unspecified atom stereocenters. The summed E-state index contributed by atoms with van der Waals surface area (Å²) in [6.07, 6.45) is 3.60. The van der Waals surface area contributed by atoms with E-state index in [9.17, 15) is 14.4 Å². The fraction of sp³-hybridized carbons (Fsp3) is 0.320. The topological polar surface area (TPSA) is 84.9 Å². The number of aryl methyl sites for hydroxylation is 1. The summed E-state index contributed by atoms with van der Waals surface area (Å²) in [5.41, 5.74) is 2.25. The zero-order chi connectivity index (χ0) is 23.8. The van der Waals surface area contributed by atoms with Crippen molar-refractivity contribution in [3.8, 4) is 11.5 Å². The van der Waals surface area contributed by atoms with E-state index in [0.717, 1.165) is 35.1 Å². The molecule has 1 aliphatic rings. The van der Waals surface area contributed by atoms with E-state index in [1.165, 1.54) is 0 Å². The Morgan fingerprint density at radius 2 is 1.88 bits per heavy atom. The highest BCUT2D eigenvalue weighted by Gasteiger charge is 2.36. The van der Waals surface area contributed by atoms with Crippen molar-refractivity contribution in [2.75, 3.05) is 25.1 Å². The van der Waals surface area contributed by atoms with Gasteiger partial charge in [-0.05, 0) is 67.4 Å². The molecule has 33 heavy (non-hydrogen) atoms. The molecule has 1 aliphatic heterocycles. The predicted octanol–water partition coefficient (Wildman–Crippen LogP) is 5.25. The Labute approximate surface area is 198 Å². The number of carbonyl (C=O) groups is 3. The van der Waals surface area contributed by atoms with Gasteiger partial charge in [0.15, 0.2) is 11.5 Å². The maximum atomic E-state index is 12.8. The van der Waals surface area contributed by atoms with Gasteiger partial charge in [0.2, 0.25) is 5.91 Å². The number of unbranched alkanes of at least 4 members (excludes halogenated alkanes) is 1. The first-order valence-electron chi connectivity index (χ1n) is 10.9. The van der Waals surface area contributed by atoms with E-state index in [-0.39, 0.29) is 11.4 Å². The molecular formula is C25H28N2O5S. The summed E-state index contributed by atoms with van der Waals surface area (Å²) in [6, 6.07) is 12.7. The van der Waals surface area contributed by atoms with E-state index in [1.807, 2.05) is 38.1 Å². The van der Waals surface area contributed by atoms with Gasteiger partial charge in [0.25, 0.3) is 11.1 Å². The van der Waals surface area contributed by atoms with E-state index in [0.29, 0.717) is 36.0 Å². The lowest BCUT2D eigenvalue weighted by Crippen LogP contribution is -2.36. The minimum atomic E-state index is -0.494. The first-order chi connectivity index (χ1) is 15.9. The van der Waals surface area contributed by atoms with Gasteiger partial charge in [-0.1, -0.05) is 37.6 Å². The highest BCUT2D eigenvalue weighted by Crippen LogP contribution is 2.34. The average Bonchev–Trinajstić information content (AvgIpc) is 3.04. The van der Waals surface area contributed by atoms with Gasteiger partial charge in [-0.15, -0.1) is 0 Å². The number of ether oxygens (including phenoxy) is 2. The van der Waals surface area contributed by atoms with E-state index in [2.05, 4.69) is 12.2 Å². The Balaban J connectivity index is 1.71. The van der Waals surface area contributed by atoms with Crippen LogP contribution in [0.1, 0.15) is 37.8 Å². The number of nitrogens with zero attached hydrogens (tertiary/aromatic N) is 1. The summed E-state index contributed by atoms with van der Waals surface area (Å²) in [7, 11) is 0. The summed E-state index contributed by atoms with van der Waals surface area (Å²) in [5, 5.41) is 2.27. The van der Waals surface area contributed by atoms with E-state index in [4.69, 9.17) is 9.47 Å². The van der Waals surface area contributed by atoms with Crippen LogP contribution in [0.4, 0.5) is 10.5 Å². The van der Waals surface area contributed by atoms with Crippen molar-refractivity contribution in [3.05, 3.63) is 58.5 Å². The molecule has 2 aromatic carbocycles. The molecule has 174 valence electrons. The quantitative estimate of drug-likeness (QED) is 0.379. The van der Waals surface area contributed by atoms with Gasteiger partial charge in [-0.25, -0.2) is 0 Å². The minimum Gasteiger partial charge on any atom is -0.490 e. The molecular weight excluding hydrogens is 440 g/mol. The van der Waals surface area contributed by atoms with Gasteiger partial charge in [0.1, 0.15) is 6.54 Å². The van der Waals surface area contributed by atoms with Crippen molar-refractivity contribution in [1.82, 2.24) is 4.90 Å². The van der Waals surface area contributed by atoms with Crippen LogP contribution in [0.3, 0.4) is 0 Å². The molecule has 3 rings (SSSR count). The lowest BCUT2D eigenvalue weighted by molar-refractivity contribution is -0.127. The molecule has 0 aliphatic carbocycles. The molecule has 1 saturated heterocycles. The van der Waals surface area contributed by atoms with Crippen LogP contribution in [0.2, 0.25) is 0 Å². The average molecular weight is 469 g/mol. The monoisotopic (exact) mass is 468 g/mol. The molecule has 0 spiro atoms. The molecule has 0 bridgehead atoms. The highest BCUT2D eigenvalue weighted by atomic mass is 32.2. The minimum absolute atomic E-state index is 0.255. The maximum absolute atomic E-state index is 12.8. The van der Waals surface area contributed by atoms with Gasteiger partial charge >= 0.3 is 0 Å². The third-order valence-electron chi connectivity index (χ3n) is 4.92. The van der Waals surface area contributed by atoms with Crippen LogP contribution in [0.25, 0.3) is 6.08 Å². The second kappa shape index (κ2) is 11.6. The van der Waals surface area contributed by atoms with Gasteiger partial charge in [0, 0.05) is 5.69 Å². The fourth-order valence-electron chi connectivity index (χ4n) is 3.16. The molecule has 0 atom stereocenters. The van der Waals surface area contributed by atoms with E-state index in [1.54, 1.807) is 24.3 Å². The molecule has 0 aromatic heterocycles. The molecule has 1 heterocycles. The van der Waals surface area contributed by atoms with Crippen LogP contribution in [-0.4, -0.2) is 41.7 Å². The number of imide groups is 1. The summed E-state index contributed by atoms with van der Waals surface area (Å²) >= 11 is 0.815. The maximum Gasteiger partial charge on any atom is 0.294 e. The second-order valence-corrected chi connectivity index (χ2v) is 8.47. The Kier molecular flexibility index (Phi) is 8.54. The van der Waals surface area contributed by atoms with Crippen molar-refractivity contribution < 1.29 is 23.9 Å². The first-order valence-corrected chi connectivity index (χ1v) is 11.7. The van der Waals surface area contributed by atoms with E-state index >= 15 is 0 Å². The fourth-order valence-corrected chi connectivity index (χ4v) is 4.00. The zero-order valence-corrected chi connectivity index (χ0v) is 19.9. The van der Waals surface area contributed by atoms with Crippen molar-refractivity contribution in [2.45, 2.75) is 33.6 Å². The van der Waals surface area contributed by atoms with Gasteiger partial charge in [-0.2, -0.15) is 0 Å². The molecule has 0 radical (unpaired) electrons. The largest absolute Gasteiger partial charge is 0.490 e. The number of carbonyl (C=O) groups excluding carboxylic acids is 3. The van der Waals surface area contributed by atoms with Crippen molar-refractivity contribution >= 4 is 40.6 Å². The molecule has 3 amide bonds. The Morgan fingerprint density at radius 3 is 2.61 bits per heavy atom. The number of benzene rings is 2. The molecule has 1 fully saturated rings. The number of rotatable bonds is 10. The van der Waals surface area contributed by atoms with Crippen LogP contribution in [0.5, 0.6) is 11.5 Å². The summed E-state index contributed by atoms with van der Waals surface area (Å²) in [6.45, 7) is 6.57. The Hall–Kier alpha value is -3.26. The van der Waals surface area contributed by atoms with Crippen LogP contribution in [-0.2, 0) is 9.59 Å². The van der Waals surface area contributed by atoms with Gasteiger partial charge in [-0.3, -0.25) is 19.3 Å². The van der Waals surface area contributed by atoms with Crippen LogP contribution in [0.15, 0.2) is 47.4 Å². The molecule has 2 aromatic rings. The van der Waals surface area contributed by atoms with Crippen LogP contribution >= 0.6 is 11.8 Å². The summed E-state index contributed by atoms with van der Waals surface area (Å²) in [4.78, 5) is 38.9. The third-order valence-corrected chi connectivity index (χ3v) is 5.82. The second-order valence-electron chi connectivity index (χ2n) is 7.47. The van der Waals surface area contributed by atoms with Gasteiger partial charge in [0.05, 0.1) is 18.1 Å².